The highest BCUT2D eigenvalue weighted by Crippen LogP contribution is 2.31. The molecule has 1 amide bonds. The molecule has 0 radical (unpaired) electrons. The fourth-order valence-electron chi connectivity index (χ4n) is 3.81. The number of amides is 1. The molecule has 0 aliphatic rings. The normalized spacial score (nSPS) is 11.2. The SMILES string of the molecule is CCCc1sc2nc(SCC(=O)Nc3ccc(C)cc3Br)n(-c3cccc(C)c3)c(=O)c2c1C. The Bertz CT molecular complexity index is 1440. The van der Waals surface area contributed by atoms with Crippen LogP contribution >= 0.6 is 39.0 Å². The lowest BCUT2D eigenvalue weighted by molar-refractivity contribution is -0.113. The molecule has 0 atom stereocenters. The van der Waals surface area contributed by atoms with Crippen molar-refractivity contribution in [2.45, 2.75) is 45.7 Å². The molecule has 2 heterocycles. The Balaban J connectivity index is 1.72. The maximum Gasteiger partial charge on any atom is 0.267 e. The minimum absolute atomic E-state index is 0.0871. The number of anilines is 1. The first-order chi connectivity index (χ1) is 16.3. The monoisotopic (exact) mass is 555 g/mol. The standard InChI is InChI=1S/C26H26BrN3O2S2/c1-5-7-21-17(4)23-24(34-21)29-26(30(25(23)32)18-9-6-8-15(2)12-18)33-14-22(31)28-20-11-10-16(3)13-19(20)27/h6,8-13H,5,7,14H2,1-4H3,(H,28,31). The second kappa shape index (κ2) is 10.5. The third kappa shape index (κ3) is 5.14. The maximum atomic E-state index is 13.7. The summed E-state index contributed by atoms with van der Waals surface area (Å²) < 4.78 is 2.48. The molecule has 0 aliphatic heterocycles. The van der Waals surface area contributed by atoms with Gasteiger partial charge in [-0.25, -0.2) is 4.98 Å². The molecule has 5 nitrogen and oxygen atoms in total. The molecule has 2 aromatic carbocycles. The van der Waals surface area contributed by atoms with Gasteiger partial charge in [0.2, 0.25) is 5.91 Å². The molecule has 0 saturated carbocycles. The largest absolute Gasteiger partial charge is 0.324 e. The van der Waals surface area contributed by atoms with Crippen LogP contribution in [0.3, 0.4) is 0 Å². The van der Waals surface area contributed by atoms with E-state index in [1.165, 1.54) is 16.6 Å². The van der Waals surface area contributed by atoms with E-state index in [1.807, 2.05) is 63.2 Å². The summed E-state index contributed by atoms with van der Waals surface area (Å²) in [6, 6.07) is 13.6. The number of aromatic nitrogens is 2. The first-order valence-corrected chi connectivity index (χ1v) is 13.7. The molecule has 0 bridgehead atoms. The first kappa shape index (κ1) is 24.7. The van der Waals surface area contributed by atoms with Gasteiger partial charge in [0.15, 0.2) is 5.16 Å². The number of aryl methyl sites for hydroxylation is 4. The fraction of sp³-hybridized carbons (Fsp3) is 0.269. The molecule has 176 valence electrons. The molecule has 0 fully saturated rings. The van der Waals surface area contributed by atoms with Gasteiger partial charge >= 0.3 is 0 Å². The Kier molecular flexibility index (Phi) is 7.60. The first-order valence-electron chi connectivity index (χ1n) is 11.1. The highest BCUT2D eigenvalue weighted by Gasteiger charge is 2.20. The van der Waals surface area contributed by atoms with Crippen LogP contribution in [0.4, 0.5) is 5.69 Å². The molecule has 4 aromatic rings. The number of fused-ring (bicyclic) bond motifs is 1. The van der Waals surface area contributed by atoms with Crippen LogP contribution in [0.15, 0.2) is 56.9 Å². The number of carbonyl (C=O) groups excluding carboxylic acids is 1. The van der Waals surface area contributed by atoms with Crippen molar-refractivity contribution in [3.05, 3.63) is 78.9 Å². The van der Waals surface area contributed by atoms with Gasteiger partial charge < -0.3 is 5.32 Å². The predicted octanol–water partition coefficient (Wildman–Crippen LogP) is 6.82. The van der Waals surface area contributed by atoms with Gasteiger partial charge in [0.05, 0.1) is 22.5 Å². The van der Waals surface area contributed by atoms with Crippen molar-refractivity contribution in [3.8, 4) is 5.69 Å². The smallest absolute Gasteiger partial charge is 0.267 e. The Hall–Kier alpha value is -2.42. The maximum absolute atomic E-state index is 13.7. The van der Waals surface area contributed by atoms with Gasteiger partial charge in [-0.3, -0.25) is 14.2 Å². The quantitative estimate of drug-likeness (QED) is 0.201. The Morgan fingerprint density at radius 3 is 2.62 bits per heavy atom. The Labute approximate surface area is 215 Å². The number of benzene rings is 2. The molecule has 2 aromatic heterocycles. The number of rotatable bonds is 7. The molecule has 4 rings (SSSR count). The lowest BCUT2D eigenvalue weighted by Gasteiger charge is -2.13. The van der Waals surface area contributed by atoms with Gasteiger partial charge in [0.25, 0.3) is 5.56 Å². The second-order valence-corrected chi connectivity index (χ2v) is 11.2. The summed E-state index contributed by atoms with van der Waals surface area (Å²) in [7, 11) is 0. The summed E-state index contributed by atoms with van der Waals surface area (Å²) in [6.45, 7) is 8.13. The van der Waals surface area contributed by atoms with Crippen molar-refractivity contribution in [1.29, 1.82) is 0 Å². The van der Waals surface area contributed by atoms with E-state index in [4.69, 9.17) is 4.98 Å². The zero-order valence-corrected chi connectivity index (χ0v) is 22.8. The van der Waals surface area contributed by atoms with Gasteiger partial charge in [-0.05, 0) is 84.1 Å². The number of nitrogens with zero attached hydrogens (tertiary/aromatic N) is 2. The summed E-state index contributed by atoms with van der Waals surface area (Å²) in [5.74, 6) is -0.0234. The number of nitrogens with one attached hydrogen (secondary N) is 1. The van der Waals surface area contributed by atoms with E-state index in [-0.39, 0.29) is 17.2 Å². The third-order valence-electron chi connectivity index (χ3n) is 5.50. The molecule has 0 spiro atoms. The lowest BCUT2D eigenvalue weighted by Crippen LogP contribution is -2.23. The van der Waals surface area contributed by atoms with Crippen molar-refractivity contribution in [1.82, 2.24) is 9.55 Å². The molecule has 1 N–H and O–H groups in total. The van der Waals surface area contributed by atoms with Crippen LogP contribution in [0.1, 0.15) is 34.9 Å². The van der Waals surface area contributed by atoms with Crippen LogP contribution in [0.25, 0.3) is 15.9 Å². The molecule has 0 unspecified atom stereocenters. The van der Waals surface area contributed by atoms with Crippen molar-refractivity contribution in [2.24, 2.45) is 0 Å². The second-order valence-electron chi connectivity index (χ2n) is 8.27. The fourth-order valence-corrected chi connectivity index (χ4v) is 6.53. The van der Waals surface area contributed by atoms with Crippen molar-refractivity contribution >= 4 is 60.8 Å². The minimum Gasteiger partial charge on any atom is -0.324 e. The van der Waals surface area contributed by atoms with Crippen LogP contribution in [0, 0.1) is 20.8 Å². The number of hydrogen-bond donors (Lipinski definition) is 1. The van der Waals surface area contributed by atoms with Gasteiger partial charge in [-0.15, -0.1) is 11.3 Å². The number of hydrogen-bond acceptors (Lipinski definition) is 5. The average Bonchev–Trinajstić information content (AvgIpc) is 3.10. The van der Waals surface area contributed by atoms with E-state index in [0.717, 1.165) is 44.5 Å². The van der Waals surface area contributed by atoms with Crippen molar-refractivity contribution in [3.63, 3.8) is 0 Å². The van der Waals surface area contributed by atoms with Gasteiger partial charge in [-0.2, -0.15) is 0 Å². The van der Waals surface area contributed by atoms with E-state index >= 15 is 0 Å². The van der Waals surface area contributed by atoms with E-state index < -0.39 is 0 Å². The zero-order valence-electron chi connectivity index (χ0n) is 19.6. The third-order valence-corrected chi connectivity index (χ3v) is 8.34. The van der Waals surface area contributed by atoms with Crippen LogP contribution < -0.4 is 10.9 Å². The topological polar surface area (TPSA) is 64.0 Å². The van der Waals surface area contributed by atoms with Gasteiger partial charge in [-0.1, -0.05) is 43.3 Å². The summed E-state index contributed by atoms with van der Waals surface area (Å²) in [5, 5.41) is 4.13. The Morgan fingerprint density at radius 1 is 1.15 bits per heavy atom. The Morgan fingerprint density at radius 2 is 1.91 bits per heavy atom. The lowest BCUT2D eigenvalue weighted by atomic mass is 10.1. The number of carbonyl (C=O) groups is 1. The molecular weight excluding hydrogens is 530 g/mol. The predicted molar refractivity (Wildman–Crippen MR) is 147 cm³/mol. The number of thioether (sulfide) groups is 1. The summed E-state index contributed by atoms with van der Waals surface area (Å²) >= 11 is 6.35. The van der Waals surface area contributed by atoms with E-state index in [2.05, 4.69) is 28.2 Å². The van der Waals surface area contributed by atoms with Gasteiger partial charge in [0.1, 0.15) is 4.83 Å². The van der Waals surface area contributed by atoms with Crippen molar-refractivity contribution < 1.29 is 4.79 Å². The van der Waals surface area contributed by atoms with E-state index in [1.54, 1.807) is 15.9 Å². The van der Waals surface area contributed by atoms with Crippen LogP contribution in [0.2, 0.25) is 0 Å². The van der Waals surface area contributed by atoms with E-state index in [0.29, 0.717) is 16.2 Å². The molecule has 8 heteroatoms. The van der Waals surface area contributed by atoms with Crippen molar-refractivity contribution in [2.75, 3.05) is 11.1 Å². The van der Waals surface area contributed by atoms with E-state index in [9.17, 15) is 9.59 Å². The summed E-state index contributed by atoms with van der Waals surface area (Å²) in [4.78, 5) is 33.3. The minimum atomic E-state index is -0.159. The summed E-state index contributed by atoms with van der Waals surface area (Å²) in [5.41, 5.74) is 4.55. The molecule has 34 heavy (non-hydrogen) atoms. The van der Waals surface area contributed by atoms with Crippen LogP contribution in [-0.4, -0.2) is 21.2 Å². The molecule has 0 aliphatic carbocycles. The highest BCUT2D eigenvalue weighted by molar-refractivity contribution is 9.10. The van der Waals surface area contributed by atoms with Crippen LogP contribution in [-0.2, 0) is 11.2 Å². The summed E-state index contributed by atoms with van der Waals surface area (Å²) in [6.07, 6.45) is 1.93. The van der Waals surface area contributed by atoms with Gasteiger partial charge in [0, 0.05) is 9.35 Å². The molecular formula is C26H26BrN3O2S2. The highest BCUT2D eigenvalue weighted by atomic mass is 79.9. The number of halogens is 1. The zero-order chi connectivity index (χ0) is 24.4. The average molecular weight is 557 g/mol. The van der Waals surface area contributed by atoms with Crippen LogP contribution in [0.5, 0.6) is 0 Å². The number of thiophene rings is 1. The molecule has 0 saturated heterocycles.